The Labute approximate surface area is 257 Å². The van der Waals surface area contributed by atoms with Crippen LogP contribution < -0.4 is 11.0 Å². The number of rotatable bonds is 9. The van der Waals surface area contributed by atoms with E-state index < -0.39 is 22.8 Å². The van der Waals surface area contributed by atoms with Gasteiger partial charge in [0.05, 0.1) is 0 Å². The molecule has 1 amide bonds. The van der Waals surface area contributed by atoms with E-state index in [4.69, 9.17) is 9.47 Å². The van der Waals surface area contributed by atoms with Gasteiger partial charge in [-0.1, -0.05) is 94.8 Å². The highest BCUT2D eigenvalue weighted by Gasteiger charge is 2.39. The number of amides is 1. The van der Waals surface area contributed by atoms with Crippen LogP contribution in [-0.2, 0) is 24.5 Å². The first kappa shape index (κ1) is 31.0. The van der Waals surface area contributed by atoms with E-state index >= 15 is 0 Å². The highest BCUT2D eigenvalue weighted by Crippen LogP contribution is 2.38. The molecule has 5 atom stereocenters. The molecule has 2 fully saturated rings. The summed E-state index contributed by atoms with van der Waals surface area (Å²) >= 11 is 1.32. The van der Waals surface area contributed by atoms with Crippen molar-refractivity contribution in [3.05, 3.63) is 94.5 Å². The monoisotopic (exact) mass is 603 g/mol. The molecule has 1 N–H and O–H groups in total. The molecule has 228 valence electrons. The number of nitrogens with zero attached hydrogens (tertiary/aromatic N) is 2. The van der Waals surface area contributed by atoms with Crippen molar-refractivity contribution in [3.8, 4) is 0 Å². The predicted molar refractivity (Wildman–Crippen MR) is 169 cm³/mol. The third kappa shape index (κ3) is 7.21. The lowest BCUT2D eigenvalue weighted by Gasteiger charge is -2.37. The SMILES string of the molecule is CC(C)[C@@H]1CC[C@@H](C)C[C@H]1OC(=O)[C@@H]1O[C@H](n2ccc(NC(=O)CC(C)(c3ccccc3)c3ccccc3)nc2=O)CS1. The van der Waals surface area contributed by atoms with Crippen LogP contribution in [0.15, 0.2) is 77.7 Å². The van der Waals surface area contributed by atoms with E-state index in [1.54, 1.807) is 12.3 Å². The number of benzene rings is 2. The number of carbonyl (C=O) groups excluding carboxylic acids is 2. The van der Waals surface area contributed by atoms with Gasteiger partial charge in [0.2, 0.25) is 11.3 Å². The number of hydrogen-bond acceptors (Lipinski definition) is 7. The molecule has 5 rings (SSSR count). The second-order valence-corrected chi connectivity index (χ2v) is 13.4. The van der Waals surface area contributed by atoms with Crippen LogP contribution in [0, 0.1) is 17.8 Å². The second-order valence-electron chi connectivity index (χ2n) is 12.3. The molecule has 8 nitrogen and oxygen atoms in total. The summed E-state index contributed by atoms with van der Waals surface area (Å²) in [5.41, 5.74) is 0.0930. The molecule has 0 radical (unpaired) electrons. The molecule has 2 aromatic carbocycles. The first-order chi connectivity index (χ1) is 20.6. The molecule has 2 heterocycles. The topological polar surface area (TPSA) is 99.5 Å². The molecule has 0 bridgehead atoms. The molecule has 43 heavy (non-hydrogen) atoms. The number of carbonyl (C=O) groups is 2. The Hall–Kier alpha value is -3.43. The quantitative estimate of drug-likeness (QED) is 0.292. The fraction of sp³-hybridized carbons (Fsp3) is 0.471. The van der Waals surface area contributed by atoms with Crippen molar-refractivity contribution in [2.75, 3.05) is 11.1 Å². The summed E-state index contributed by atoms with van der Waals surface area (Å²) in [5, 5.41) is 2.80. The highest BCUT2D eigenvalue weighted by molar-refractivity contribution is 8.00. The summed E-state index contributed by atoms with van der Waals surface area (Å²) in [6.45, 7) is 8.59. The maximum absolute atomic E-state index is 13.3. The van der Waals surface area contributed by atoms with Crippen molar-refractivity contribution in [2.24, 2.45) is 17.8 Å². The first-order valence-electron chi connectivity index (χ1n) is 15.1. The lowest BCUT2D eigenvalue weighted by atomic mass is 9.73. The number of esters is 1. The fourth-order valence-corrected chi connectivity index (χ4v) is 7.28. The van der Waals surface area contributed by atoms with E-state index in [2.05, 4.69) is 31.1 Å². The van der Waals surface area contributed by atoms with E-state index in [9.17, 15) is 14.4 Å². The number of ether oxygens (including phenoxy) is 2. The smallest absolute Gasteiger partial charge is 0.351 e. The van der Waals surface area contributed by atoms with E-state index in [-0.39, 0.29) is 30.2 Å². The van der Waals surface area contributed by atoms with Gasteiger partial charge in [-0.15, -0.1) is 11.8 Å². The van der Waals surface area contributed by atoms with Crippen LogP contribution >= 0.6 is 11.8 Å². The summed E-state index contributed by atoms with van der Waals surface area (Å²) in [6.07, 6.45) is 4.01. The van der Waals surface area contributed by atoms with Crippen LogP contribution in [0.2, 0.25) is 0 Å². The first-order valence-corrected chi connectivity index (χ1v) is 16.2. The largest absolute Gasteiger partial charge is 0.459 e. The molecular weight excluding hydrogens is 562 g/mol. The number of hydrogen-bond donors (Lipinski definition) is 1. The maximum Gasteiger partial charge on any atom is 0.351 e. The fourth-order valence-electron chi connectivity index (χ4n) is 6.31. The van der Waals surface area contributed by atoms with Crippen molar-refractivity contribution in [1.29, 1.82) is 0 Å². The summed E-state index contributed by atoms with van der Waals surface area (Å²) in [5.74, 6) is 1.23. The minimum atomic E-state index is -0.796. The molecule has 1 aliphatic heterocycles. The van der Waals surface area contributed by atoms with Gasteiger partial charge in [0.15, 0.2) is 0 Å². The molecule has 2 aliphatic rings. The minimum absolute atomic E-state index is 0.113. The molecule has 0 spiro atoms. The lowest BCUT2D eigenvalue weighted by Crippen LogP contribution is -2.38. The molecule has 9 heteroatoms. The van der Waals surface area contributed by atoms with E-state index in [1.165, 1.54) is 16.3 Å². The molecule has 0 unspecified atom stereocenters. The van der Waals surface area contributed by atoms with Gasteiger partial charge in [-0.3, -0.25) is 9.36 Å². The van der Waals surface area contributed by atoms with Gasteiger partial charge in [0.1, 0.15) is 18.1 Å². The summed E-state index contributed by atoms with van der Waals surface area (Å²) in [4.78, 5) is 43.4. The third-order valence-electron chi connectivity index (χ3n) is 8.84. The van der Waals surface area contributed by atoms with E-state index in [0.29, 0.717) is 23.5 Å². The van der Waals surface area contributed by atoms with Crippen LogP contribution in [0.25, 0.3) is 0 Å². The van der Waals surface area contributed by atoms with Gasteiger partial charge in [-0.05, 0) is 47.8 Å². The van der Waals surface area contributed by atoms with Crippen LogP contribution in [0.5, 0.6) is 0 Å². The van der Waals surface area contributed by atoms with Gasteiger partial charge in [0.25, 0.3) is 0 Å². The van der Waals surface area contributed by atoms with Crippen molar-refractivity contribution in [1.82, 2.24) is 9.55 Å². The number of nitrogens with one attached hydrogen (secondary N) is 1. The average molecular weight is 604 g/mol. The van der Waals surface area contributed by atoms with Crippen molar-refractivity contribution < 1.29 is 19.1 Å². The van der Waals surface area contributed by atoms with Gasteiger partial charge in [0, 0.05) is 23.8 Å². The Morgan fingerprint density at radius 1 is 1.07 bits per heavy atom. The molecule has 3 aromatic rings. The summed E-state index contributed by atoms with van der Waals surface area (Å²) < 4.78 is 13.3. The van der Waals surface area contributed by atoms with Crippen molar-refractivity contribution >= 4 is 29.5 Å². The lowest BCUT2D eigenvalue weighted by molar-refractivity contribution is -0.166. The Morgan fingerprint density at radius 3 is 2.33 bits per heavy atom. The third-order valence-corrected chi connectivity index (χ3v) is 9.92. The van der Waals surface area contributed by atoms with Crippen LogP contribution in [0.1, 0.15) is 70.7 Å². The van der Waals surface area contributed by atoms with E-state index in [1.807, 2.05) is 67.6 Å². The predicted octanol–water partition coefficient (Wildman–Crippen LogP) is 6.17. The average Bonchev–Trinajstić information content (AvgIpc) is 3.48. The molecule has 1 saturated heterocycles. The van der Waals surface area contributed by atoms with Gasteiger partial charge >= 0.3 is 11.7 Å². The number of aromatic nitrogens is 2. The van der Waals surface area contributed by atoms with Crippen LogP contribution in [0.3, 0.4) is 0 Å². The zero-order valence-electron chi connectivity index (χ0n) is 25.3. The Kier molecular flexibility index (Phi) is 9.72. The highest BCUT2D eigenvalue weighted by atomic mass is 32.2. The molecule has 1 aliphatic carbocycles. The summed E-state index contributed by atoms with van der Waals surface area (Å²) in [6, 6.07) is 21.4. The molecule has 1 aromatic heterocycles. The standard InChI is InChI=1S/C34H41N3O5S/c1-22(2)26-16-15-23(3)19-27(26)41-31(39)32-42-30(21-43-32)37-18-17-28(36-33(37)40)35-29(38)20-34(4,24-11-7-5-8-12-24)25-13-9-6-10-14-25/h5-14,17-18,22-23,26-27,30,32H,15-16,19-21H2,1-4H3,(H,35,36,38,40)/t23-,26+,27-,30+,32-/m1/s1. The van der Waals surface area contributed by atoms with Crippen molar-refractivity contribution in [3.63, 3.8) is 0 Å². The zero-order chi connectivity index (χ0) is 30.6. The van der Waals surface area contributed by atoms with Gasteiger partial charge in [-0.2, -0.15) is 4.98 Å². The van der Waals surface area contributed by atoms with Crippen LogP contribution in [-0.4, -0.2) is 38.7 Å². The Bertz CT molecular complexity index is 1420. The number of thioether (sulfide) groups is 1. The van der Waals surface area contributed by atoms with Crippen LogP contribution in [0.4, 0.5) is 5.82 Å². The van der Waals surface area contributed by atoms with Gasteiger partial charge in [-0.25, -0.2) is 9.59 Å². The van der Waals surface area contributed by atoms with E-state index in [0.717, 1.165) is 30.4 Å². The Morgan fingerprint density at radius 2 is 1.72 bits per heavy atom. The molecule has 1 saturated carbocycles. The second kappa shape index (κ2) is 13.5. The normalized spacial score (nSPS) is 24.1. The van der Waals surface area contributed by atoms with Gasteiger partial charge < -0.3 is 14.8 Å². The summed E-state index contributed by atoms with van der Waals surface area (Å²) in [7, 11) is 0. The Balaban J connectivity index is 1.22. The number of anilines is 1. The van der Waals surface area contributed by atoms with Crippen molar-refractivity contribution in [2.45, 2.75) is 76.6 Å². The minimum Gasteiger partial charge on any atom is -0.459 e. The maximum atomic E-state index is 13.3. The molecular formula is C34H41N3O5S. The zero-order valence-corrected chi connectivity index (χ0v) is 26.1.